The lowest BCUT2D eigenvalue weighted by atomic mass is 9.84. The molecule has 6 nitrogen and oxygen atoms in total. The first-order valence-electron chi connectivity index (χ1n) is 10.2. The van der Waals surface area contributed by atoms with Gasteiger partial charge >= 0.3 is 5.97 Å². The van der Waals surface area contributed by atoms with Crippen LogP contribution in [0.1, 0.15) is 55.6 Å². The van der Waals surface area contributed by atoms with Crippen LogP contribution in [0.2, 0.25) is 0 Å². The number of carbonyl (C=O) groups excluding carboxylic acids is 1. The number of aryl methyl sites for hydroxylation is 1. The predicted octanol–water partition coefficient (Wildman–Crippen LogP) is 2.91. The minimum Gasteiger partial charge on any atom is -0.480 e. The highest BCUT2D eigenvalue weighted by atomic mass is 32.1. The molecule has 1 saturated carbocycles. The lowest BCUT2D eigenvalue weighted by molar-refractivity contribution is -0.152. The average molecular weight is 392 g/mol. The van der Waals surface area contributed by atoms with E-state index in [1.165, 1.54) is 6.42 Å². The van der Waals surface area contributed by atoms with E-state index in [1.807, 2.05) is 6.92 Å². The Morgan fingerprint density at radius 3 is 2.63 bits per heavy atom. The molecule has 3 aliphatic rings. The zero-order valence-corrected chi connectivity index (χ0v) is 16.8. The van der Waals surface area contributed by atoms with E-state index in [1.54, 1.807) is 16.2 Å². The number of carboxylic acids is 1. The van der Waals surface area contributed by atoms with Crippen molar-refractivity contribution in [2.45, 2.75) is 70.5 Å². The highest BCUT2D eigenvalue weighted by molar-refractivity contribution is 7.09. The van der Waals surface area contributed by atoms with Gasteiger partial charge in [0.05, 0.1) is 10.7 Å². The molecule has 2 aliphatic heterocycles. The second-order valence-electron chi connectivity index (χ2n) is 8.36. The van der Waals surface area contributed by atoms with E-state index >= 15 is 0 Å². The van der Waals surface area contributed by atoms with Crippen LogP contribution in [-0.2, 0) is 16.1 Å². The monoisotopic (exact) mass is 391 g/mol. The van der Waals surface area contributed by atoms with Gasteiger partial charge in [0, 0.05) is 23.9 Å². The minimum atomic E-state index is -0.825. The normalized spacial score (nSPS) is 29.7. The van der Waals surface area contributed by atoms with E-state index in [-0.39, 0.29) is 17.9 Å². The Bertz CT molecular complexity index is 698. The van der Waals surface area contributed by atoms with Gasteiger partial charge in [-0.15, -0.1) is 11.3 Å². The number of likely N-dealkylation sites (tertiary alicyclic amines) is 2. The van der Waals surface area contributed by atoms with E-state index in [4.69, 9.17) is 0 Å². The molecule has 1 aromatic heterocycles. The van der Waals surface area contributed by atoms with Gasteiger partial charge in [-0.05, 0) is 58.0 Å². The Hall–Kier alpha value is -1.47. The number of nitrogens with zero attached hydrogens (tertiary/aromatic N) is 3. The number of carboxylic acid groups (broad SMARTS) is 1. The number of thiazole rings is 1. The van der Waals surface area contributed by atoms with Gasteiger partial charge in [0.15, 0.2) is 0 Å². The molecule has 4 rings (SSSR count). The fraction of sp³-hybridized carbons (Fsp3) is 0.750. The summed E-state index contributed by atoms with van der Waals surface area (Å²) in [6.07, 6.45) is 6.62. The van der Waals surface area contributed by atoms with Crippen molar-refractivity contribution in [3.8, 4) is 0 Å². The van der Waals surface area contributed by atoms with Crippen molar-refractivity contribution < 1.29 is 14.7 Å². The maximum atomic E-state index is 13.3. The van der Waals surface area contributed by atoms with Crippen molar-refractivity contribution in [1.82, 2.24) is 14.8 Å². The third-order valence-corrected chi connectivity index (χ3v) is 7.44. The van der Waals surface area contributed by atoms with Crippen LogP contribution in [-0.4, -0.2) is 56.9 Å². The Kier molecular flexibility index (Phi) is 5.50. The molecule has 27 heavy (non-hydrogen) atoms. The van der Waals surface area contributed by atoms with Crippen LogP contribution in [0.4, 0.5) is 0 Å². The predicted molar refractivity (Wildman–Crippen MR) is 103 cm³/mol. The van der Waals surface area contributed by atoms with Gasteiger partial charge in [0.1, 0.15) is 6.04 Å². The number of fused-ring (bicyclic) bond motifs is 1. The van der Waals surface area contributed by atoms with Gasteiger partial charge in [0.25, 0.3) is 0 Å². The van der Waals surface area contributed by atoms with Crippen molar-refractivity contribution >= 4 is 23.2 Å². The second-order valence-corrected chi connectivity index (χ2v) is 9.42. The molecule has 3 heterocycles. The first-order valence-corrected chi connectivity index (χ1v) is 11.1. The first-order chi connectivity index (χ1) is 13.0. The summed E-state index contributed by atoms with van der Waals surface area (Å²) in [5, 5.41) is 12.9. The topological polar surface area (TPSA) is 73.7 Å². The third-order valence-electron chi connectivity index (χ3n) is 6.62. The summed E-state index contributed by atoms with van der Waals surface area (Å²) in [6, 6.07) is -0.454. The molecule has 3 fully saturated rings. The van der Waals surface area contributed by atoms with Gasteiger partial charge in [0.2, 0.25) is 5.91 Å². The molecule has 3 unspecified atom stereocenters. The molecule has 3 atom stereocenters. The Morgan fingerprint density at radius 2 is 1.96 bits per heavy atom. The summed E-state index contributed by atoms with van der Waals surface area (Å²) in [7, 11) is 0. The van der Waals surface area contributed by atoms with E-state index in [9.17, 15) is 14.7 Å². The van der Waals surface area contributed by atoms with Crippen LogP contribution in [0.25, 0.3) is 0 Å². The fourth-order valence-electron chi connectivity index (χ4n) is 5.26. The lowest BCUT2D eigenvalue weighted by Gasteiger charge is -2.38. The molecule has 148 valence electrons. The zero-order chi connectivity index (χ0) is 19.0. The van der Waals surface area contributed by atoms with E-state index < -0.39 is 12.0 Å². The van der Waals surface area contributed by atoms with Crippen molar-refractivity contribution in [2.75, 3.05) is 13.1 Å². The molecule has 2 saturated heterocycles. The van der Waals surface area contributed by atoms with E-state index in [0.29, 0.717) is 12.3 Å². The summed E-state index contributed by atoms with van der Waals surface area (Å²) in [5.41, 5.74) is 1.11. The number of aliphatic carboxylic acids is 1. The number of amides is 1. The number of rotatable bonds is 4. The van der Waals surface area contributed by atoms with E-state index in [0.717, 1.165) is 62.4 Å². The van der Waals surface area contributed by atoms with Crippen LogP contribution in [0, 0.1) is 18.8 Å². The highest BCUT2D eigenvalue weighted by Crippen LogP contribution is 2.41. The van der Waals surface area contributed by atoms with Gasteiger partial charge in [-0.25, -0.2) is 9.78 Å². The third kappa shape index (κ3) is 3.90. The summed E-state index contributed by atoms with van der Waals surface area (Å²) in [6.45, 7) is 4.63. The van der Waals surface area contributed by atoms with Gasteiger partial charge < -0.3 is 10.0 Å². The molecule has 1 aliphatic carbocycles. The van der Waals surface area contributed by atoms with Crippen LogP contribution >= 0.6 is 11.3 Å². The standard InChI is InChI=1S/C20H29N3O3S/c1-13-21-16(12-27-13)11-22-8-6-14(7-9-22)19(24)23-17-5-3-2-4-15(17)10-18(23)20(25)26/h12,14-15,17-18H,2-11H2,1H3,(H,25,26). The van der Waals surface area contributed by atoms with Crippen LogP contribution in [0.5, 0.6) is 0 Å². The molecule has 0 spiro atoms. The van der Waals surface area contributed by atoms with Gasteiger partial charge in [-0.2, -0.15) is 0 Å². The summed E-state index contributed by atoms with van der Waals surface area (Å²) in [4.78, 5) is 33.7. The number of aromatic nitrogens is 1. The summed E-state index contributed by atoms with van der Waals surface area (Å²) < 4.78 is 0. The van der Waals surface area contributed by atoms with Crippen LogP contribution in [0.3, 0.4) is 0 Å². The summed E-state index contributed by atoms with van der Waals surface area (Å²) >= 11 is 1.67. The van der Waals surface area contributed by atoms with Crippen molar-refractivity contribution in [2.24, 2.45) is 11.8 Å². The Morgan fingerprint density at radius 1 is 1.22 bits per heavy atom. The van der Waals surface area contributed by atoms with Gasteiger partial charge in [-0.3, -0.25) is 9.69 Å². The molecular formula is C20H29N3O3S. The van der Waals surface area contributed by atoms with Crippen molar-refractivity contribution in [3.63, 3.8) is 0 Å². The zero-order valence-electron chi connectivity index (χ0n) is 16.0. The number of carbonyl (C=O) groups is 2. The maximum absolute atomic E-state index is 13.3. The quantitative estimate of drug-likeness (QED) is 0.854. The largest absolute Gasteiger partial charge is 0.480 e. The molecule has 1 amide bonds. The Labute approximate surface area is 164 Å². The second kappa shape index (κ2) is 7.87. The van der Waals surface area contributed by atoms with Gasteiger partial charge in [-0.1, -0.05) is 12.8 Å². The van der Waals surface area contributed by atoms with Crippen LogP contribution in [0.15, 0.2) is 5.38 Å². The summed E-state index contributed by atoms with van der Waals surface area (Å²) in [5.74, 6) is -0.368. The smallest absolute Gasteiger partial charge is 0.326 e. The molecule has 1 N–H and O–H groups in total. The Balaban J connectivity index is 1.38. The SMILES string of the molecule is Cc1nc(CN2CCC(C(=O)N3C(C(=O)O)CC4CCCCC43)CC2)cs1. The molecule has 0 bridgehead atoms. The minimum absolute atomic E-state index is 0.0269. The molecule has 0 radical (unpaired) electrons. The highest BCUT2D eigenvalue weighted by Gasteiger charge is 2.48. The number of hydrogen-bond acceptors (Lipinski definition) is 5. The molecular weight excluding hydrogens is 362 g/mol. The number of hydrogen-bond donors (Lipinski definition) is 1. The molecule has 1 aromatic rings. The molecule has 0 aromatic carbocycles. The lowest BCUT2D eigenvalue weighted by Crippen LogP contribution is -2.50. The first kappa shape index (κ1) is 18.9. The molecule has 7 heteroatoms. The van der Waals surface area contributed by atoms with E-state index in [2.05, 4.69) is 15.3 Å². The van der Waals surface area contributed by atoms with Crippen molar-refractivity contribution in [3.05, 3.63) is 16.1 Å². The van der Waals surface area contributed by atoms with Crippen LogP contribution < -0.4 is 0 Å². The average Bonchev–Trinajstić information content (AvgIpc) is 3.25. The van der Waals surface area contributed by atoms with Crippen molar-refractivity contribution in [1.29, 1.82) is 0 Å². The number of piperidine rings is 1. The maximum Gasteiger partial charge on any atom is 0.326 e. The fourth-order valence-corrected chi connectivity index (χ4v) is 5.86.